The number of benzene rings is 2. The predicted molar refractivity (Wildman–Crippen MR) is 161 cm³/mol. The third kappa shape index (κ3) is 9.67. The SMILES string of the molecule is COc1nc(Br)cnc1NS(=O)(=O)c1ccccc1OC(F)(F)F.COc1nc(Cl)cnc1NS(=O)(=O)c1cccc(Cl)c1C. The van der Waals surface area contributed by atoms with Crippen LogP contribution < -0.4 is 23.7 Å². The number of hydrogen-bond acceptors (Lipinski definition) is 11. The number of hydrogen-bond donors (Lipinski definition) is 2. The Balaban J connectivity index is 0.000000248. The zero-order chi connectivity index (χ0) is 33.6. The number of anilines is 2. The molecule has 21 heteroatoms. The van der Waals surface area contributed by atoms with Crippen molar-refractivity contribution >= 4 is 70.8 Å². The maximum Gasteiger partial charge on any atom is 0.573 e. The Labute approximate surface area is 273 Å². The van der Waals surface area contributed by atoms with Crippen LogP contribution >= 0.6 is 39.1 Å². The zero-order valence-electron chi connectivity index (χ0n) is 22.9. The van der Waals surface area contributed by atoms with E-state index in [2.05, 4.69) is 45.3 Å². The van der Waals surface area contributed by atoms with Crippen molar-refractivity contribution in [2.24, 2.45) is 0 Å². The maximum atomic E-state index is 12.4. The lowest BCUT2D eigenvalue weighted by atomic mass is 10.2. The van der Waals surface area contributed by atoms with Crippen molar-refractivity contribution in [3.05, 3.63) is 75.2 Å². The lowest BCUT2D eigenvalue weighted by Gasteiger charge is -2.14. The van der Waals surface area contributed by atoms with E-state index in [1.807, 2.05) is 4.72 Å². The van der Waals surface area contributed by atoms with Gasteiger partial charge in [0.1, 0.15) is 15.2 Å². The number of para-hydroxylation sites is 1. The molecule has 0 aliphatic heterocycles. The fraction of sp³-hybridized carbons (Fsp3) is 0.167. The summed E-state index contributed by atoms with van der Waals surface area (Å²) in [6.07, 6.45) is -2.63. The Morgan fingerprint density at radius 1 is 0.800 bits per heavy atom. The molecule has 0 aliphatic carbocycles. The van der Waals surface area contributed by atoms with E-state index in [4.69, 9.17) is 32.7 Å². The lowest BCUT2D eigenvalue weighted by Crippen LogP contribution is -2.21. The summed E-state index contributed by atoms with van der Waals surface area (Å²) in [5.41, 5.74) is 0.438. The topological polar surface area (TPSA) is 172 Å². The van der Waals surface area contributed by atoms with Crippen LogP contribution in [0.25, 0.3) is 0 Å². The molecule has 2 N–H and O–H groups in total. The first-order valence-electron chi connectivity index (χ1n) is 11.8. The Hall–Kier alpha value is -3.65. The minimum absolute atomic E-state index is 0.0224. The summed E-state index contributed by atoms with van der Waals surface area (Å²) in [5.74, 6) is -1.40. The number of rotatable bonds is 9. The average Bonchev–Trinajstić information content (AvgIpc) is 2.95. The van der Waals surface area contributed by atoms with Gasteiger partial charge in [-0.05, 0) is 52.7 Å². The number of alkyl halides is 3. The van der Waals surface area contributed by atoms with Crippen molar-refractivity contribution < 1.29 is 44.2 Å². The molecule has 4 aromatic rings. The smallest absolute Gasteiger partial charge is 0.478 e. The molecule has 2 aromatic carbocycles. The molecule has 2 heterocycles. The fourth-order valence-corrected chi connectivity index (χ4v) is 6.28. The molecule has 13 nitrogen and oxygen atoms in total. The maximum absolute atomic E-state index is 12.4. The molecule has 45 heavy (non-hydrogen) atoms. The van der Waals surface area contributed by atoms with E-state index in [9.17, 15) is 30.0 Å². The highest BCUT2D eigenvalue weighted by Gasteiger charge is 2.34. The first-order chi connectivity index (χ1) is 21.0. The summed E-state index contributed by atoms with van der Waals surface area (Å²) in [6, 6.07) is 8.91. The Morgan fingerprint density at radius 2 is 1.33 bits per heavy atom. The van der Waals surface area contributed by atoms with Gasteiger partial charge in [-0.15, -0.1) is 13.2 Å². The first-order valence-corrected chi connectivity index (χ1v) is 16.3. The van der Waals surface area contributed by atoms with E-state index in [1.165, 1.54) is 44.8 Å². The third-order valence-corrected chi connectivity index (χ3v) is 8.98. The number of aromatic nitrogens is 4. The van der Waals surface area contributed by atoms with Gasteiger partial charge < -0.3 is 14.2 Å². The van der Waals surface area contributed by atoms with Gasteiger partial charge in [-0.25, -0.2) is 31.8 Å². The van der Waals surface area contributed by atoms with Crippen LogP contribution in [0.1, 0.15) is 5.56 Å². The van der Waals surface area contributed by atoms with Gasteiger partial charge in [0, 0.05) is 5.02 Å². The van der Waals surface area contributed by atoms with Crippen LogP contribution in [0.5, 0.6) is 17.5 Å². The second-order valence-corrected chi connectivity index (χ2v) is 13.1. The molecule has 2 aromatic heterocycles. The van der Waals surface area contributed by atoms with Crippen molar-refractivity contribution in [3.8, 4) is 17.5 Å². The quantitative estimate of drug-likeness (QED) is 0.209. The molecule has 242 valence electrons. The number of nitrogens with one attached hydrogen (secondary N) is 2. The summed E-state index contributed by atoms with van der Waals surface area (Å²) >= 11 is 14.7. The number of nitrogens with zero attached hydrogens (tertiary/aromatic N) is 4. The van der Waals surface area contributed by atoms with Crippen molar-refractivity contribution in [1.29, 1.82) is 0 Å². The molecule has 0 bridgehead atoms. The second-order valence-electron chi connectivity index (χ2n) is 8.17. The van der Waals surface area contributed by atoms with Crippen LogP contribution in [0.4, 0.5) is 24.8 Å². The largest absolute Gasteiger partial charge is 0.573 e. The molecule has 0 saturated carbocycles. The van der Waals surface area contributed by atoms with Gasteiger partial charge >= 0.3 is 6.36 Å². The van der Waals surface area contributed by atoms with Crippen LogP contribution in [0.2, 0.25) is 10.2 Å². The second kappa shape index (κ2) is 14.6. The van der Waals surface area contributed by atoms with Crippen LogP contribution in [0, 0.1) is 6.92 Å². The van der Waals surface area contributed by atoms with Gasteiger partial charge in [-0.1, -0.05) is 41.4 Å². The van der Waals surface area contributed by atoms with E-state index in [0.29, 0.717) is 10.6 Å². The van der Waals surface area contributed by atoms with Crippen LogP contribution in [-0.4, -0.2) is 57.4 Å². The molecule has 0 radical (unpaired) electrons. The lowest BCUT2D eigenvalue weighted by molar-refractivity contribution is -0.275. The zero-order valence-corrected chi connectivity index (χ0v) is 27.7. The van der Waals surface area contributed by atoms with Gasteiger partial charge in [0.05, 0.1) is 31.5 Å². The Bertz CT molecular complexity index is 1910. The van der Waals surface area contributed by atoms with E-state index in [1.54, 1.807) is 19.1 Å². The number of ether oxygens (including phenoxy) is 3. The van der Waals surface area contributed by atoms with Crippen molar-refractivity contribution in [1.82, 2.24) is 19.9 Å². The van der Waals surface area contributed by atoms with Gasteiger partial charge in [0.25, 0.3) is 31.8 Å². The van der Waals surface area contributed by atoms with Crippen molar-refractivity contribution in [2.45, 2.75) is 23.1 Å². The summed E-state index contributed by atoms with van der Waals surface area (Å²) in [6.45, 7) is 1.61. The van der Waals surface area contributed by atoms with Gasteiger partial charge in [-0.3, -0.25) is 9.44 Å². The van der Waals surface area contributed by atoms with E-state index >= 15 is 0 Å². The summed E-state index contributed by atoms with van der Waals surface area (Å²) in [7, 11) is -5.74. The van der Waals surface area contributed by atoms with Gasteiger partial charge in [0.15, 0.2) is 5.15 Å². The average molecular weight is 776 g/mol. The third-order valence-electron chi connectivity index (χ3n) is 5.14. The Kier molecular flexibility index (Phi) is 11.6. The highest BCUT2D eigenvalue weighted by Crippen LogP contribution is 2.32. The molecule has 0 spiro atoms. The van der Waals surface area contributed by atoms with Crippen molar-refractivity contribution in [2.75, 3.05) is 23.7 Å². The molecule has 0 atom stereocenters. The summed E-state index contributed by atoms with van der Waals surface area (Å²) in [5, 5.41) is 0.445. The standard InChI is InChI=1S/C12H9BrF3N3O4S.C12H11Cl2N3O3S/c1-22-11-10(17-6-9(13)18-11)19-24(20,21)8-5-3-2-4-7(8)23-12(14,15)16;1-7-8(13)4-3-5-9(7)21(18,19)17-11-12(20-2)16-10(14)6-15-11/h2-6H,1H3,(H,17,19);3-6H,1-2H3,(H,15,17). The highest BCUT2D eigenvalue weighted by molar-refractivity contribution is 9.10. The first kappa shape index (κ1) is 35.8. The van der Waals surface area contributed by atoms with E-state index < -0.39 is 37.1 Å². The van der Waals surface area contributed by atoms with Gasteiger partial charge in [-0.2, -0.15) is 4.98 Å². The van der Waals surface area contributed by atoms with Crippen LogP contribution in [0.3, 0.4) is 0 Å². The van der Waals surface area contributed by atoms with Crippen molar-refractivity contribution in [3.63, 3.8) is 0 Å². The minimum Gasteiger partial charge on any atom is -0.478 e. The van der Waals surface area contributed by atoms with E-state index in [-0.39, 0.29) is 38.0 Å². The molecule has 0 aliphatic rings. The normalized spacial score (nSPS) is 11.6. The van der Waals surface area contributed by atoms with Crippen LogP contribution in [-0.2, 0) is 20.0 Å². The molecule has 4 rings (SSSR count). The number of halogens is 6. The summed E-state index contributed by atoms with van der Waals surface area (Å²) < 4.78 is 105. The number of methoxy groups -OCH3 is 2. The highest BCUT2D eigenvalue weighted by atomic mass is 79.9. The van der Waals surface area contributed by atoms with Crippen LogP contribution in [0.15, 0.2) is 69.3 Å². The minimum atomic E-state index is -5.04. The predicted octanol–water partition coefficient (Wildman–Crippen LogP) is 5.85. The molecular formula is C24H20BrCl2F3N6O7S2. The molecular weight excluding hydrogens is 756 g/mol. The van der Waals surface area contributed by atoms with Gasteiger partial charge in [0.2, 0.25) is 11.6 Å². The molecule has 0 fully saturated rings. The number of sulfonamides is 2. The molecule has 0 unspecified atom stereocenters. The summed E-state index contributed by atoms with van der Waals surface area (Å²) in [4.78, 5) is 14.7. The fourth-order valence-electron chi connectivity index (χ4n) is 3.25. The molecule has 0 saturated heterocycles. The van der Waals surface area contributed by atoms with E-state index in [0.717, 1.165) is 12.1 Å². The monoisotopic (exact) mass is 774 g/mol. The molecule has 0 amide bonds. The Morgan fingerprint density at radius 3 is 1.93 bits per heavy atom.